The van der Waals surface area contributed by atoms with E-state index in [-0.39, 0.29) is 5.97 Å². The molecule has 0 fully saturated rings. The van der Waals surface area contributed by atoms with E-state index in [9.17, 15) is 4.79 Å². The molecule has 0 heterocycles. The zero-order chi connectivity index (χ0) is 14.3. The molecule has 0 aliphatic heterocycles. The van der Waals surface area contributed by atoms with Gasteiger partial charge in [-0.1, -0.05) is 13.8 Å². The predicted octanol–water partition coefficient (Wildman–Crippen LogP) is 1.89. The first-order valence-corrected chi connectivity index (χ1v) is 6.83. The molecule has 0 bridgehead atoms. The lowest BCUT2D eigenvalue weighted by Crippen LogP contribution is -2.52. The molecule has 1 N–H and O–H groups in total. The summed E-state index contributed by atoms with van der Waals surface area (Å²) in [4.78, 5) is 14.3. The van der Waals surface area contributed by atoms with Crippen LogP contribution in [-0.4, -0.2) is 49.7 Å². The average Bonchev–Trinajstić information content (AvgIpc) is 2.28. The average molecular weight is 258 g/mol. The summed E-state index contributed by atoms with van der Waals surface area (Å²) in [6.07, 6.45) is 0.742. The van der Waals surface area contributed by atoms with Gasteiger partial charge in [0.2, 0.25) is 0 Å². The van der Waals surface area contributed by atoms with Crippen molar-refractivity contribution in [2.45, 2.75) is 52.6 Å². The van der Waals surface area contributed by atoms with Gasteiger partial charge in [-0.3, -0.25) is 4.79 Å². The molecular weight excluding hydrogens is 228 g/mol. The molecule has 0 saturated carbocycles. The Balaban J connectivity index is 4.55. The Morgan fingerprint density at radius 2 is 1.94 bits per heavy atom. The Labute approximate surface area is 112 Å². The zero-order valence-corrected chi connectivity index (χ0v) is 13.0. The van der Waals surface area contributed by atoms with E-state index in [1.165, 1.54) is 0 Å². The summed E-state index contributed by atoms with van der Waals surface area (Å²) in [6.45, 7) is 11.7. The van der Waals surface area contributed by atoms with Crippen LogP contribution >= 0.6 is 0 Å². The summed E-state index contributed by atoms with van der Waals surface area (Å²) in [5, 5.41) is 3.10. The Bertz CT molecular complexity index is 256. The van der Waals surface area contributed by atoms with E-state index in [0.717, 1.165) is 13.0 Å². The number of ether oxygens (including phenoxy) is 1. The van der Waals surface area contributed by atoms with Crippen LogP contribution in [-0.2, 0) is 9.53 Å². The third-order valence-electron chi connectivity index (χ3n) is 3.39. The summed E-state index contributed by atoms with van der Waals surface area (Å²) in [5.74, 6) is 0.457. The van der Waals surface area contributed by atoms with Crippen molar-refractivity contribution >= 4 is 5.97 Å². The fourth-order valence-electron chi connectivity index (χ4n) is 2.08. The summed E-state index contributed by atoms with van der Waals surface area (Å²) in [5.41, 5.74) is -0.610. The molecule has 0 aromatic carbocycles. The van der Waals surface area contributed by atoms with Gasteiger partial charge in [0, 0.05) is 12.6 Å². The highest BCUT2D eigenvalue weighted by atomic mass is 16.5. The fourth-order valence-corrected chi connectivity index (χ4v) is 2.08. The molecule has 0 amide bonds. The molecule has 108 valence electrons. The van der Waals surface area contributed by atoms with Gasteiger partial charge in [-0.2, -0.15) is 0 Å². The first kappa shape index (κ1) is 17.4. The van der Waals surface area contributed by atoms with Gasteiger partial charge in [0.1, 0.15) is 5.54 Å². The molecule has 0 aliphatic rings. The number of nitrogens with one attached hydrogen (secondary N) is 1. The SMILES string of the molecule is CCOC(=O)C(C)(CC(C)N(C)CC(C)C)NC. The zero-order valence-electron chi connectivity index (χ0n) is 13.0. The largest absolute Gasteiger partial charge is 0.465 e. The third-order valence-corrected chi connectivity index (χ3v) is 3.39. The van der Waals surface area contributed by atoms with Gasteiger partial charge >= 0.3 is 5.97 Å². The second-order valence-electron chi connectivity index (χ2n) is 5.69. The van der Waals surface area contributed by atoms with Crippen LogP contribution in [0.5, 0.6) is 0 Å². The number of carbonyl (C=O) groups is 1. The fraction of sp³-hybridized carbons (Fsp3) is 0.929. The number of likely N-dealkylation sites (N-methyl/N-ethyl adjacent to an activating group) is 1. The minimum absolute atomic E-state index is 0.169. The summed E-state index contributed by atoms with van der Waals surface area (Å²) in [6, 6.07) is 0.328. The highest BCUT2D eigenvalue weighted by Crippen LogP contribution is 2.18. The lowest BCUT2D eigenvalue weighted by molar-refractivity contribution is -0.151. The van der Waals surface area contributed by atoms with Gasteiger partial charge in [0.25, 0.3) is 0 Å². The van der Waals surface area contributed by atoms with Crippen molar-refractivity contribution in [2.75, 3.05) is 27.2 Å². The van der Waals surface area contributed by atoms with Crippen molar-refractivity contribution in [1.82, 2.24) is 10.2 Å². The van der Waals surface area contributed by atoms with E-state index < -0.39 is 5.54 Å². The Morgan fingerprint density at radius 3 is 2.33 bits per heavy atom. The Kier molecular flexibility index (Phi) is 7.48. The van der Waals surface area contributed by atoms with Crippen molar-refractivity contribution in [3.05, 3.63) is 0 Å². The van der Waals surface area contributed by atoms with E-state index in [2.05, 4.69) is 38.0 Å². The van der Waals surface area contributed by atoms with Crippen LogP contribution in [0.25, 0.3) is 0 Å². The van der Waals surface area contributed by atoms with Gasteiger partial charge in [-0.15, -0.1) is 0 Å². The van der Waals surface area contributed by atoms with Crippen LogP contribution in [0.2, 0.25) is 0 Å². The van der Waals surface area contributed by atoms with E-state index in [0.29, 0.717) is 18.6 Å². The second kappa shape index (κ2) is 7.74. The van der Waals surface area contributed by atoms with Crippen molar-refractivity contribution < 1.29 is 9.53 Å². The number of hydrogen-bond donors (Lipinski definition) is 1. The Hall–Kier alpha value is -0.610. The molecule has 4 heteroatoms. The second-order valence-corrected chi connectivity index (χ2v) is 5.69. The smallest absolute Gasteiger partial charge is 0.326 e. The van der Waals surface area contributed by atoms with Gasteiger partial charge in [-0.05, 0) is 47.2 Å². The van der Waals surface area contributed by atoms with E-state index in [1.807, 2.05) is 20.9 Å². The minimum atomic E-state index is -0.610. The van der Waals surface area contributed by atoms with Crippen LogP contribution in [0.1, 0.15) is 41.0 Å². The van der Waals surface area contributed by atoms with Crippen molar-refractivity contribution in [3.8, 4) is 0 Å². The van der Waals surface area contributed by atoms with Crippen molar-refractivity contribution in [2.24, 2.45) is 5.92 Å². The molecule has 0 spiro atoms. The van der Waals surface area contributed by atoms with Crippen molar-refractivity contribution in [1.29, 1.82) is 0 Å². The number of rotatable bonds is 8. The molecule has 0 radical (unpaired) electrons. The molecule has 0 aromatic heterocycles. The molecule has 4 nitrogen and oxygen atoms in total. The van der Waals surface area contributed by atoms with E-state index in [1.54, 1.807) is 0 Å². The summed E-state index contributed by atoms with van der Waals surface area (Å²) in [7, 11) is 3.91. The number of esters is 1. The third kappa shape index (κ3) is 5.36. The number of carbonyl (C=O) groups excluding carboxylic acids is 1. The van der Waals surface area contributed by atoms with Crippen LogP contribution in [0, 0.1) is 5.92 Å². The molecule has 0 rings (SSSR count). The normalized spacial score (nSPS) is 16.7. The van der Waals surface area contributed by atoms with Gasteiger partial charge in [-0.25, -0.2) is 0 Å². The first-order valence-electron chi connectivity index (χ1n) is 6.83. The van der Waals surface area contributed by atoms with Gasteiger partial charge in [0.15, 0.2) is 0 Å². The highest BCUT2D eigenvalue weighted by Gasteiger charge is 2.35. The number of nitrogens with zero attached hydrogens (tertiary/aromatic N) is 1. The predicted molar refractivity (Wildman–Crippen MR) is 75.6 cm³/mol. The molecule has 0 saturated heterocycles. The van der Waals surface area contributed by atoms with Crippen molar-refractivity contribution in [3.63, 3.8) is 0 Å². The molecule has 2 atom stereocenters. The molecule has 2 unspecified atom stereocenters. The van der Waals surface area contributed by atoms with Gasteiger partial charge in [0.05, 0.1) is 6.61 Å². The van der Waals surface area contributed by atoms with Gasteiger partial charge < -0.3 is 15.0 Å². The maximum atomic E-state index is 12.0. The highest BCUT2D eigenvalue weighted by molar-refractivity contribution is 5.80. The standard InChI is InChI=1S/C14H30N2O2/c1-8-18-13(17)14(5,15-6)9-12(4)16(7)10-11(2)3/h11-12,15H,8-10H2,1-7H3. The van der Waals surface area contributed by atoms with Crippen LogP contribution < -0.4 is 5.32 Å². The topological polar surface area (TPSA) is 41.6 Å². The molecular formula is C14H30N2O2. The summed E-state index contributed by atoms with van der Waals surface area (Å²) >= 11 is 0. The Morgan fingerprint density at radius 1 is 1.39 bits per heavy atom. The quantitative estimate of drug-likeness (QED) is 0.675. The molecule has 18 heavy (non-hydrogen) atoms. The van der Waals surface area contributed by atoms with Crippen LogP contribution in [0.4, 0.5) is 0 Å². The van der Waals surface area contributed by atoms with E-state index in [4.69, 9.17) is 4.74 Å². The maximum absolute atomic E-state index is 12.0. The van der Waals surface area contributed by atoms with E-state index >= 15 is 0 Å². The number of hydrogen-bond acceptors (Lipinski definition) is 4. The lowest BCUT2D eigenvalue weighted by Gasteiger charge is -2.34. The monoisotopic (exact) mass is 258 g/mol. The minimum Gasteiger partial charge on any atom is -0.465 e. The van der Waals surface area contributed by atoms with Crippen LogP contribution in [0.3, 0.4) is 0 Å². The molecule has 0 aliphatic carbocycles. The van der Waals surface area contributed by atoms with Crippen LogP contribution in [0.15, 0.2) is 0 Å². The lowest BCUT2D eigenvalue weighted by atomic mass is 9.93. The molecule has 0 aromatic rings. The first-order chi connectivity index (χ1) is 8.26. The maximum Gasteiger partial charge on any atom is 0.326 e. The summed E-state index contributed by atoms with van der Waals surface area (Å²) < 4.78 is 5.14.